The van der Waals surface area contributed by atoms with Crippen LogP contribution in [0.15, 0.2) is 29.2 Å². The number of nitrogens with zero attached hydrogens (tertiary/aromatic N) is 3. The number of aromatic hydroxyl groups is 1. The summed E-state index contributed by atoms with van der Waals surface area (Å²) in [7, 11) is 0. The zero-order chi connectivity index (χ0) is 24.2. The monoisotopic (exact) mass is 460 g/mol. The number of carbonyl (C=O) groups excluding carboxylic acids is 2. The van der Waals surface area contributed by atoms with Crippen molar-refractivity contribution < 1.29 is 23.5 Å². The lowest BCUT2D eigenvalue weighted by atomic mass is 9.90. The van der Waals surface area contributed by atoms with E-state index in [4.69, 9.17) is 5.73 Å². The van der Waals surface area contributed by atoms with E-state index in [1.165, 1.54) is 22.9 Å². The van der Waals surface area contributed by atoms with Gasteiger partial charge < -0.3 is 20.3 Å². The van der Waals surface area contributed by atoms with E-state index in [2.05, 4.69) is 4.90 Å². The van der Waals surface area contributed by atoms with E-state index in [1.807, 2.05) is 20.8 Å². The zero-order valence-corrected chi connectivity index (χ0v) is 18.6. The third kappa shape index (κ3) is 3.78. The summed E-state index contributed by atoms with van der Waals surface area (Å²) in [6.45, 7) is 5.96. The van der Waals surface area contributed by atoms with E-state index in [9.17, 15) is 28.3 Å². The number of hydrogen-bond donors (Lipinski definition) is 2. The summed E-state index contributed by atoms with van der Waals surface area (Å²) in [6, 6.07) is 3.05. The Morgan fingerprint density at radius 3 is 2.58 bits per heavy atom. The number of aromatic nitrogens is 1. The molecule has 0 radical (unpaired) electrons. The van der Waals surface area contributed by atoms with Crippen LogP contribution < -0.4 is 11.2 Å². The van der Waals surface area contributed by atoms with Crippen LogP contribution in [0, 0.1) is 11.6 Å². The smallest absolute Gasteiger partial charge is 0.276 e. The van der Waals surface area contributed by atoms with Gasteiger partial charge in [-0.15, -0.1) is 0 Å². The van der Waals surface area contributed by atoms with Gasteiger partial charge >= 0.3 is 0 Å². The molecule has 1 unspecified atom stereocenters. The van der Waals surface area contributed by atoms with Crippen LogP contribution in [0.5, 0.6) is 5.75 Å². The van der Waals surface area contributed by atoms with E-state index in [0.717, 1.165) is 6.07 Å². The minimum atomic E-state index is -0.997. The number of hydrogen-bond acceptors (Lipinski definition) is 5. The van der Waals surface area contributed by atoms with Crippen molar-refractivity contribution in [1.82, 2.24) is 14.4 Å². The van der Waals surface area contributed by atoms with Crippen molar-refractivity contribution in [1.29, 1.82) is 0 Å². The van der Waals surface area contributed by atoms with E-state index in [0.29, 0.717) is 18.4 Å². The summed E-state index contributed by atoms with van der Waals surface area (Å²) in [5.41, 5.74) is 4.11. The Hall–Kier alpha value is -3.27. The van der Waals surface area contributed by atoms with Crippen molar-refractivity contribution >= 4 is 11.8 Å². The topological polar surface area (TPSA) is 109 Å². The summed E-state index contributed by atoms with van der Waals surface area (Å²) in [5, 5.41) is 10.4. The number of nitrogens with two attached hydrogens (primary N) is 1. The summed E-state index contributed by atoms with van der Waals surface area (Å²) < 4.78 is 29.2. The molecule has 0 saturated carbocycles. The van der Waals surface area contributed by atoms with Crippen LogP contribution in [0.4, 0.5) is 8.78 Å². The number of rotatable bonds is 4. The first kappa shape index (κ1) is 22.9. The fraction of sp³-hybridized carbons (Fsp3) is 0.435. The molecule has 3 N–H and O–H groups in total. The van der Waals surface area contributed by atoms with Crippen molar-refractivity contribution in [3.05, 3.63) is 63.1 Å². The molecule has 1 aromatic heterocycles. The van der Waals surface area contributed by atoms with Crippen LogP contribution in [0.3, 0.4) is 0 Å². The maximum atomic E-state index is 14.4. The Bertz CT molecular complexity index is 1200. The zero-order valence-electron chi connectivity index (χ0n) is 18.6. The predicted molar refractivity (Wildman–Crippen MR) is 116 cm³/mol. The van der Waals surface area contributed by atoms with Gasteiger partial charge in [-0.05, 0) is 45.2 Å². The fourth-order valence-corrected chi connectivity index (χ4v) is 5.22. The summed E-state index contributed by atoms with van der Waals surface area (Å²) >= 11 is 0. The molecular formula is C23H26F2N4O4. The maximum absolute atomic E-state index is 14.4. The predicted octanol–water partition coefficient (Wildman–Crippen LogP) is 1.83. The van der Waals surface area contributed by atoms with Gasteiger partial charge in [-0.1, -0.05) is 6.07 Å². The van der Waals surface area contributed by atoms with Crippen molar-refractivity contribution in [3.63, 3.8) is 0 Å². The molecule has 2 amide bonds. The van der Waals surface area contributed by atoms with Gasteiger partial charge in [0.05, 0.1) is 6.54 Å². The molecular weight excluding hydrogens is 434 g/mol. The number of halogens is 2. The highest BCUT2D eigenvalue weighted by molar-refractivity contribution is 5.98. The molecule has 2 aliphatic heterocycles. The second-order valence-corrected chi connectivity index (χ2v) is 9.00. The van der Waals surface area contributed by atoms with E-state index < -0.39 is 46.4 Å². The molecule has 8 nitrogen and oxygen atoms in total. The molecule has 176 valence electrons. The Morgan fingerprint density at radius 2 is 1.97 bits per heavy atom. The lowest BCUT2D eigenvalue weighted by molar-refractivity contribution is -0.0756. The highest BCUT2D eigenvalue weighted by atomic mass is 19.1. The average Bonchev–Trinajstić information content (AvgIpc) is 2.71. The lowest BCUT2D eigenvalue weighted by Crippen LogP contribution is -2.68. The van der Waals surface area contributed by atoms with E-state index in [-0.39, 0.29) is 30.4 Å². The van der Waals surface area contributed by atoms with Crippen molar-refractivity contribution in [2.24, 2.45) is 5.73 Å². The van der Waals surface area contributed by atoms with Crippen LogP contribution in [0.2, 0.25) is 0 Å². The van der Waals surface area contributed by atoms with Crippen LogP contribution in [-0.4, -0.2) is 55.6 Å². The molecule has 33 heavy (non-hydrogen) atoms. The first-order valence-corrected chi connectivity index (χ1v) is 10.8. The van der Waals surface area contributed by atoms with Gasteiger partial charge in [0.15, 0.2) is 11.4 Å². The lowest BCUT2D eigenvalue weighted by Gasteiger charge is -2.55. The van der Waals surface area contributed by atoms with Gasteiger partial charge in [0.2, 0.25) is 5.43 Å². The minimum absolute atomic E-state index is 0.0450. The molecule has 1 fully saturated rings. The first-order chi connectivity index (χ1) is 15.5. The molecule has 1 aromatic carbocycles. The van der Waals surface area contributed by atoms with Crippen LogP contribution in [-0.2, 0) is 13.0 Å². The Labute approximate surface area is 189 Å². The SMILES string of the molecule is CC(C)N1C(Cc2ccc(F)cc2F)C[C@H](C)N2C(=O)c3c(O)c(=O)c(C(N)=O)cn3C[C@@H]12. The van der Waals surface area contributed by atoms with Crippen molar-refractivity contribution in [2.45, 2.75) is 64.4 Å². The number of primary amides is 1. The van der Waals surface area contributed by atoms with Gasteiger partial charge in [-0.25, -0.2) is 8.78 Å². The Morgan fingerprint density at radius 1 is 1.27 bits per heavy atom. The molecule has 0 aliphatic carbocycles. The number of carbonyl (C=O) groups is 2. The Kier molecular flexibility index (Phi) is 5.73. The second-order valence-electron chi connectivity index (χ2n) is 9.00. The second kappa shape index (κ2) is 8.26. The molecule has 3 heterocycles. The van der Waals surface area contributed by atoms with E-state index >= 15 is 0 Å². The third-order valence-electron chi connectivity index (χ3n) is 6.56. The Balaban J connectivity index is 1.77. The standard InChI is InChI=1S/C23H26F2N4O4/c1-11(2)28-15(7-13-4-5-14(24)8-17(13)25)6-12(3)29-18(28)10-27-9-16(22(26)32)20(30)21(31)19(27)23(29)33/h4-5,8-9,11-12,15,18,31H,6-7,10H2,1-3H3,(H2,26,32)/t12-,15?,18-/m0/s1. The van der Waals surface area contributed by atoms with Gasteiger partial charge in [-0.2, -0.15) is 0 Å². The molecule has 2 aliphatic rings. The summed E-state index contributed by atoms with van der Waals surface area (Å²) in [4.78, 5) is 41.1. The maximum Gasteiger partial charge on any atom is 0.276 e. The van der Waals surface area contributed by atoms with Crippen LogP contribution >= 0.6 is 0 Å². The average molecular weight is 460 g/mol. The van der Waals surface area contributed by atoms with Gasteiger partial charge in [0.1, 0.15) is 23.4 Å². The number of fused-ring (bicyclic) bond motifs is 2. The van der Waals surface area contributed by atoms with Gasteiger partial charge in [-0.3, -0.25) is 19.3 Å². The number of pyridine rings is 1. The van der Waals surface area contributed by atoms with Crippen molar-refractivity contribution in [2.75, 3.05) is 0 Å². The molecule has 0 spiro atoms. The molecule has 4 rings (SSSR count). The molecule has 3 atom stereocenters. The van der Waals surface area contributed by atoms with Gasteiger partial charge in [0, 0.05) is 30.4 Å². The van der Waals surface area contributed by atoms with E-state index in [1.54, 1.807) is 4.90 Å². The largest absolute Gasteiger partial charge is 0.503 e. The molecule has 0 bridgehead atoms. The molecule has 10 heteroatoms. The highest BCUT2D eigenvalue weighted by Crippen LogP contribution is 2.36. The minimum Gasteiger partial charge on any atom is -0.503 e. The fourth-order valence-electron chi connectivity index (χ4n) is 5.22. The van der Waals surface area contributed by atoms with Crippen LogP contribution in [0.25, 0.3) is 0 Å². The first-order valence-electron chi connectivity index (χ1n) is 10.8. The van der Waals surface area contributed by atoms with Crippen LogP contribution in [0.1, 0.15) is 53.6 Å². The highest BCUT2D eigenvalue weighted by Gasteiger charge is 2.47. The number of benzene rings is 1. The summed E-state index contributed by atoms with van der Waals surface area (Å²) in [5.74, 6) is -3.58. The summed E-state index contributed by atoms with van der Waals surface area (Å²) in [6.07, 6.45) is 1.58. The molecule has 2 aromatic rings. The normalized spacial score (nSPS) is 22.9. The quantitative estimate of drug-likeness (QED) is 0.724. The van der Waals surface area contributed by atoms with Crippen molar-refractivity contribution in [3.8, 4) is 5.75 Å². The molecule has 1 saturated heterocycles. The van der Waals surface area contributed by atoms with Gasteiger partial charge in [0.25, 0.3) is 11.8 Å². The number of amides is 2. The third-order valence-corrected chi connectivity index (χ3v) is 6.56.